The van der Waals surface area contributed by atoms with Gasteiger partial charge in [0.1, 0.15) is 5.75 Å². The predicted octanol–water partition coefficient (Wildman–Crippen LogP) is 4.39. The van der Waals surface area contributed by atoms with Gasteiger partial charge < -0.3 is 4.74 Å². The van der Waals surface area contributed by atoms with Gasteiger partial charge in [0.15, 0.2) is 0 Å². The highest BCUT2D eigenvalue weighted by Gasteiger charge is 2.12. The SMILES string of the molecule is COc1cccc2sc(Br)c(SC)c12. The molecular formula is C10H9BrOS2. The molecule has 14 heavy (non-hydrogen) atoms. The summed E-state index contributed by atoms with van der Waals surface area (Å²) in [5.41, 5.74) is 0. The summed E-state index contributed by atoms with van der Waals surface area (Å²) in [4.78, 5) is 1.27. The van der Waals surface area contributed by atoms with Crippen LogP contribution in [-0.2, 0) is 0 Å². The van der Waals surface area contributed by atoms with Crippen LogP contribution in [-0.4, -0.2) is 13.4 Å². The second-order valence-electron chi connectivity index (χ2n) is 2.74. The Morgan fingerprint density at radius 1 is 1.43 bits per heavy atom. The molecule has 1 aromatic heterocycles. The van der Waals surface area contributed by atoms with Crippen LogP contribution in [0.3, 0.4) is 0 Å². The van der Waals surface area contributed by atoms with Crippen LogP contribution in [0, 0.1) is 0 Å². The third-order valence-electron chi connectivity index (χ3n) is 2.02. The molecule has 0 fully saturated rings. The Labute approximate surface area is 99.6 Å². The number of thiophene rings is 1. The maximum atomic E-state index is 5.36. The zero-order valence-electron chi connectivity index (χ0n) is 7.83. The average Bonchev–Trinajstić information content (AvgIpc) is 2.52. The summed E-state index contributed by atoms with van der Waals surface area (Å²) >= 11 is 7.07. The third kappa shape index (κ3) is 1.55. The van der Waals surface area contributed by atoms with E-state index in [2.05, 4.69) is 28.3 Å². The predicted molar refractivity (Wildman–Crippen MR) is 67.9 cm³/mol. The van der Waals surface area contributed by atoms with Crippen LogP contribution >= 0.6 is 39.0 Å². The quantitative estimate of drug-likeness (QED) is 0.758. The van der Waals surface area contributed by atoms with Crippen molar-refractivity contribution in [3.8, 4) is 5.75 Å². The Morgan fingerprint density at radius 3 is 2.86 bits per heavy atom. The van der Waals surface area contributed by atoms with E-state index in [0.29, 0.717) is 0 Å². The van der Waals surface area contributed by atoms with Gasteiger partial charge in [-0.25, -0.2) is 0 Å². The minimum atomic E-state index is 0.953. The highest BCUT2D eigenvalue weighted by molar-refractivity contribution is 9.11. The fraction of sp³-hybridized carbons (Fsp3) is 0.200. The smallest absolute Gasteiger partial charge is 0.128 e. The minimum absolute atomic E-state index is 0.953. The van der Waals surface area contributed by atoms with Gasteiger partial charge in [-0.2, -0.15) is 0 Å². The number of hydrogen-bond donors (Lipinski definition) is 0. The van der Waals surface area contributed by atoms with Crippen LogP contribution in [0.25, 0.3) is 10.1 Å². The molecule has 0 aliphatic carbocycles. The lowest BCUT2D eigenvalue weighted by molar-refractivity contribution is 0.419. The van der Waals surface area contributed by atoms with Crippen LogP contribution in [0.15, 0.2) is 26.9 Å². The first-order valence-electron chi connectivity index (χ1n) is 4.07. The maximum absolute atomic E-state index is 5.36. The summed E-state index contributed by atoms with van der Waals surface area (Å²) in [6.45, 7) is 0. The van der Waals surface area contributed by atoms with E-state index in [4.69, 9.17) is 4.74 Å². The molecule has 0 radical (unpaired) electrons. The molecule has 2 aromatic rings. The molecule has 0 saturated carbocycles. The number of halogens is 1. The van der Waals surface area contributed by atoms with Crippen molar-refractivity contribution in [2.75, 3.05) is 13.4 Å². The van der Waals surface area contributed by atoms with Gasteiger partial charge in [-0.1, -0.05) is 6.07 Å². The Bertz CT molecular complexity index is 464. The van der Waals surface area contributed by atoms with Gasteiger partial charge >= 0.3 is 0 Å². The summed E-state index contributed by atoms with van der Waals surface area (Å²) in [6, 6.07) is 6.14. The summed E-state index contributed by atoms with van der Waals surface area (Å²) in [6.07, 6.45) is 2.08. The summed E-state index contributed by atoms with van der Waals surface area (Å²) in [7, 11) is 1.71. The van der Waals surface area contributed by atoms with Gasteiger partial charge in [0.05, 0.1) is 10.9 Å². The van der Waals surface area contributed by atoms with Crippen LogP contribution in [0.2, 0.25) is 0 Å². The molecule has 0 aliphatic heterocycles. The van der Waals surface area contributed by atoms with E-state index >= 15 is 0 Å². The summed E-state index contributed by atoms with van der Waals surface area (Å²) < 4.78 is 7.80. The normalized spacial score (nSPS) is 10.8. The number of rotatable bonds is 2. The number of thioether (sulfide) groups is 1. The fourth-order valence-corrected chi connectivity index (χ4v) is 4.47. The van der Waals surface area contributed by atoms with E-state index in [1.807, 2.05) is 12.1 Å². The second kappa shape index (κ2) is 4.13. The molecule has 0 bridgehead atoms. The molecule has 2 rings (SSSR count). The third-order valence-corrected chi connectivity index (χ3v) is 5.05. The first-order valence-corrected chi connectivity index (χ1v) is 6.90. The molecule has 1 aromatic carbocycles. The molecule has 4 heteroatoms. The van der Waals surface area contributed by atoms with Crippen LogP contribution in [0.1, 0.15) is 0 Å². The van der Waals surface area contributed by atoms with Crippen molar-refractivity contribution < 1.29 is 4.74 Å². The molecule has 0 amide bonds. The average molecular weight is 289 g/mol. The largest absolute Gasteiger partial charge is 0.496 e. The molecule has 1 nitrogen and oxygen atoms in total. The molecule has 1 heterocycles. The molecule has 0 aliphatic rings. The van der Waals surface area contributed by atoms with Crippen molar-refractivity contribution in [3.63, 3.8) is 0 Å². The maximum Gasteiger partial charge on any atom is 0.128 e. The highest BCUT2D eigenvalue weighted by atomic mass is 79.9. The number of methoxy groups -OCH3 is 1. The lowest BCUT2D eigenvalue weighted by Gasteiger charge is -2.02. The molecule has 0 unspecified atom stereocenters. The van der Waals surface area contributed by atoms with E-state index < -0.39 is 0 Å². The number of fused-ring (bicyclic) bond motifs is 1. The summed E-state index contributed by atoms with van der Waals surface area (Å²) in [5, 5.41) is 1.22. The van der Waals surface area contributed by atoms with E-state index in [1.165, 1.54) is 18.8 Å². The van der Waals surface area contributed by atoms with E-state index in [1.54, 1.807) is 30.2 Å². The highest BCUT2D eigenvalue weighted by Crippen LogP contribution is 2.44. The molecule has 74 valence electrons. The molecule has 0 saturated heterocycles. The van der Waals surface area contributed by atoms with Crippen LogP contribution in [0.5, 0.6) is 5.75 Å². The van der Waals surface area contributed by atoms with Gasteiger partial charge in [-0.3, -0.25) is 0 Å². The number of ether oxygens (including phenoxy) is 1. The van der Waals surface area contributed by atoms with Crippen molar-refractivity contribution >= 4 is 49.1 Å². The van der Waals surface area contributed by atoms with Crippen molar-refractivity contribution in [2.24, 2.45) is 0 Å². The topological polar surface area (TPSA) is 9.23 Å². The van der Waals surface area contributed by atoms with Crippen molar-refractivity contribution in [1.29, 1.82) is 0 Å². The minimum Gasteiger partial charge on any atom is -0.496 e. The van der Waals surface area contributed by atoms with Crippen molar-refractivity contribution in [3.05, 3.63) is 22.0 Å². The lowest BCUT2D eigenvalue weighted by Crippen LogP contribution is -1.82. The van der Waals surface area contributed by atoms with Gasteiger partial charge in [-0.15, -0.1) is 23.1 Å². The van der Waals surface area contributed by atoms with Gasteiger partial charge in [0.25, 0.3) is 0 Å². The molecule has 0 N–H and O–H groups in total. The zero-order valence-corrected chi connectivity index (χ0v) is 11.1. The van der Waals surface area contributed by atoms with E-state index in [-0.39, 0.29) is 0 Å². The van der Waals surface area contributed by atoms with Crippen LogP contribution in [0.4, 0.5) is 0 Å². The Morgan fingerprint density at radius 2 is 2.21 bits per heavy atom. The van der Waals surface area contributed by atoms with Gasteiger partial charge in [0, 0.05) is 15.0 Å². The molecular weight excluding hydrogens is 280 g/mol. The first kappa shape index (κ1) is 10.3. The Balaban J connectivity index is 2.82. The van der Waals surface area contributed by atoms with E-state index in [9.17, 15) is 0 Å². The lowest BCUT2D eigenvalue weighted by atomic mass is 10.2. The zero-order chi connectivity index (χ0) is 10.1. The second-order valence-corrected chi connectivity index (χ2v) is 5.93. The molecule has 0 atom stereocenters. The molecule has 0 spiro atoms. The van der Waals surface area contributed by atoms with Gasteiger partial charge in [-0.05, 0) is 34.3 Å². The van der Waals surface area contributed by atoms with Crippen molar-refractivity contribution in [1.82, 2.24) is 0 Å². The number of benzene rings is 1. The monoisotopic (exact) mass is 288 g/mol. The fourth-order valence-electron chi connectivity index (χ4n) is 1.41. The first-order chi connectivity index (χ1) is 6.77. The standard InChI is InChI=1S/C10H9BrOS2/c1-12-6-4-3-5-7-8(6)9(13-2)10(11)14-7/h3-5H,1-2H3. The van der Waals surface area contributed by atoms with Crippen molar-refractivity contribution in [2.45, 2.75) is 4.90 Å². The Hall–Kier alpha value is -0.190. The van der Waals surface area contributed by atoms with E-state index in [0.717, 1.165) is 5.75 Å². The van der Waals surface area contributed by atoms with Crippen LogP contribution < -0.4 is 4.74 Å². The Kier molecular flexibility index (Phi) is 3.04. The summed E-state index contributed by atoms with van der Waals surface area (Å²) in [5.74, 6) is 0.953. The van der Waals surface area contributed by atoms with Gasteiger partial charge in [0.2, 0.25) is 0 Å². The number of hydrogen-bond acceptors (Lipinski definition) is 3.